The molecule has 0 bridgehead atoms. The third-order valence-electron chi connectivity index (χ3n) is 2.07. The van der Waals surface area contributed by atoms with Gasteiger partial charge < -0.3 is 5.73 Å². The van der Waals surface area contributed by atoms with Crippen LogP contribution in [0, 0.1) is 0 Å². The fourth-order valence-corrected chi connectivity index (χ4v) is 1.79. The first-order valence-electron chi connectivity index (χ1n) is 5.09. The maximum atomic E-state index is 10.5. The van der Waals surface area contributed by atoms with Crippen LogP contribution in [-0.4, -0.2) is 10.7 Å². The summed E-state index contributed by atoms with van der Waals surface area (Å²) in [6.45, 7) is 2.21. The van der Waals surface area contributed by atoms with Crippen LogP contribution >= 0.6 is 15.9 Å². The summed E-state index contributed by atoms with van der Waals surface area (Å²) >= 11 is 3.55. The molecule has 0 aromatic carbocycles. The number of amides is 1. The van der Waals surface area contributed by atoms with Gasteiger partial charge in [0.05, 0.1) is 0 Å². The summed E-state index contributed by atoms with van der Waals surface area (Å²) in [6, 6.07) is 0. The van der Waals surface area contributed by atoms with E-state index in [0.29, 0.717) is 11.2 Å². The molecular weight excluding hydrogens is 230 g/mol. The Morgan fingerprint density at radius 3 is 2.54 bits per heavy atom. The summed E-state index contributed by atoms with van der Waals surface area (Å²) in [4.78, 5) is 11.0. The van der Waals surface area contributed by atoms with Crippen LogP contribution in [0.1, 0.15) is 51.9 Å². The molecule has 78 valence electrons. The lowest BCUT2D eigenvalue weighted by Crippen LogP contribution is -2.12. The Hall–Kier alpha value is -0.0500. The lowest BCUT2D eigenvalue weighted by atomic mass is 10.1. The number of primary amides is 1. The van der Waals surface area contributed by atoms with Crippen LogP contribution in [0.5, 0.6) is 0 Å². The van der Waals surface area contributed by atoms with Crippen LogP contribution in [0.25, 0.3) is 0 Å². The largest absolute Gasteiger partial charge is 0.370 e. The van der Waals surface area contributed by atoms with Gasteiger partial charge in [-0.25, -0.2) is 0 Å². The maximum absolute atomic E-state index is 10.5. The number of nitrogens with two attached hydrogens (primary N) is 1. The molecule has 0 aromatic rings. The first kappa shape index (κ1) is 12.9. The quantitative estimate of drug-likeness (QED) is 0.522. The van der Waals surface area contributed by atoms with E-state index in [9.17, 15) is 4.79 Å². The minimum atomic E-state index is -0.196. The van der Waals surface area contributed by atoms with Crippen molar-refractivity contribution in [1.29, 1.82) is 0 Å². The molecule has 0 fully saturated rings. The van der Waals surface area contributed by atoms with Crippen molar-refractivity contribution in [2.24, 2.45) is 5.73 Å². The van der Waals surface area contributed by atoms with E-state index in [4.69, 9.17) is 5.73 Å². The Labute approximate surface area is 89.4 Å². The molecule has 13 heavy (non-hydrogen) atoms. The van der Waals surface area contributed by atoms with Crippen molar-refractivity contribution < 1.29 is 4.79 Å². The highest BCUT2D eigenvalue weighted by atomic mass is 79.9. The van der Waals surface area contributed by atoms with Gasteiger partial charge in [-0.15, -0.1) is 0 Å². The fraction of sp³-hybridized carbons (Fsp3) is 0.900. The van der Waals surface area contributed by atoms with Crippen LogP contribution in [-0.2, 0) is 4.79 Å². The molecule has 2 nitrogen and oxygen atoms in total. The predicted octanol–water partition coefficient (Wildman–Crippen LogP) is 2.99. The fourth-order valence-electron chi connectivity index (χ4n) is 1.24. The number of rotatable bonds is 8. The summed E-state index contributed by atoms with van der Waals surface area (Å²) in [5, 5.41) is 0. The van der Waals surface area contributed by atoms with E-state index >= 15 is 0 Å². The Morgan fingerprint density at radius 2 is 2.00 bits per heavy atom. The Morgan fingerprint density at radius 1 is 1.31 bits per heavy atom. The number of alkyl halides is 1. The normalized spacial score (nSPS) is 12.8. The standard InChI is InChI=1S/C10H20BrNO/c1-2-3-4-5-6-9(11)7-8-10(12)13/h9H,2-8H2,1H3,(H2,12,13). The zero-order valence-electron chi connectivity index (χ0n) is 8.39. The summed E-state index contributed by atoms with van der Waals surface area (Å²) in [7, 11) is 0. The number of carbonyl (C=O) groups excluding carboxylic acids is 1. The van der Waals surface area contributed by atoms with Crippen LogP contribution in [0.4, 0.5) is 0 Å². The molecule has 1 atom stereocenters. The number of halogens is 1. The molecule has 0 spiro atoms. The molecule has 1 unspecified atom stereocenters. The Kier molecular flexibility index (Phi) is 8.51. The molecule has 0 aliphatic heterocycles. The average Bonchev–Trinajstić information content (AvgIpc) is 2.09. The van der Waals surface area contributed by atoms with E-state index in [1.807, 2.05) is 0 Å². The van der Waals surface area contributed by atoms with Crippen LogP contribution in [0.3, 0.4) is 0 Å². The lowest BCUT2D eigenvalue weighted by molar-refractivity contribution is -0.118. The third kappa shape index (κ3) is 9.87. The van der Waals surface area contributed by atoms with Gasteiger partial charge in [0, 0.05) is 11.2 Å². The van der Waals surface area contributed by atoms with Crippen LogP contribution < -0.4 is 5.73 Å². The molecule has 3 heteroatoms. The zero-order chi connectivity index (χ0) is 10.1. The van der Waals surface area contributed by atoms with Crippen molar-refractivity contribution in [2.75, 3.05) is 0 Å². The van der Waals surface area contributed by atoms with E-state index in [-0.39, 0.29) is 5.91 Å². The highest BCUT2D eigenvalue weighted by Gasteiger charge is 2.05. The van der Waals surface area contributed by atoms with Crippen LogP contribution in [0.15, 0.2) is 0 Å². The SMILES string of the molecule is CCCCCCC(Br)CCC(N)=O. The van der Waals surface area contributed by atoms with E-state index in [1.165, 1.54) is 25.7 Å². The molecule has 0 saturated heterocycles. The summed E-state index contributed by atoms with van der Waals surface area (Å²) in [5.74, 6) is -0.196. The number of hydrogen-bond donors (Lipinski definition) is 1. The molecule has 0 aromatic heterocycles. The van der Waals surface area contributed by atoms with Crippen molar-refractivity contribution in [2.45, 2.75) is 56.7 Å². The second-order valence-electron chi connectivity index (χ2n) is 3.45. The van der Waals surface area contributed by atoms with Gasteiger partial charge in [-0.05, 0) is 12.8 Å². The van der Waals surface area contributed by atoms with Gasteiger partial charge in [0.2, 0.25) is 5.91 Å². The minimum absolute atomic E-state index is 0.196. The van der Waals surface area contributed by atoms with E-state index in [2.05, 4.69) is 22.9 Å². The number of unbranched alkanes of at least 4 members (excludes halogenated alkanes) is 3. The van der Waals surface area contributed by atoms with Gasteiger partial charge in [0.25, 0.3) is 0 Å². The molecule has 0 aliphatic rings. The lowest BCUT2D eigenvalue weighted by Gasteiger charge is -2.07. The second kappa shape index (κ2) is 8.54. The van der Waals surface area contributed by atoms with E-state index in [0.717, 1.165) is 12.8 Å². The summed E-state index contributed by atoms with van der Waals surface area (Å²) in [5.41, 5.74) is 5.06. The first-order chi connectivity index (χ1) is 6.16. The second-order valence-corrected chi connectivity index (χ2v) is 4.75. The van der Waals surface area contributed by atoms with Crippen molar-refractivity contribution in [3.05, 3.63) is 0 Å². The average molecular weight is 250 g/mol. The van der Waals surface area contributed by atoms with E-state index in [1.54, 1.807) is 0 Å². The summed E-state index contributed by atoms with van der Waals surface area (Å²) < 4.78 is 0. The highest BCUT2D eigenvalue weighted by Crippen LogP contribution is 2.16. The van der Waals surface area contributed by atoms with E-state index < -0.39 is 0 Å². The van der Waals surface area contributed by atoms with Crippen LogP contribution in [0.2, 0.25) is 0 Å². The Bertz CT molecular complexity index is 139. The highest BCUT2D eigenvalue weighted by molar-refractivity contribution is 9.09. The third-order valence-corrected chi connectivity index (χ3v) is 2.99. The maximum Gasteiger partial charge on any atom is 0.217 e. The van der Waals surface area contributed by atoms with Gasteiger partial charge >= 0.3 is 0 Å². The molecule has 0 saturated carbocycles. The van der Waals surface area contributed by atoms with Crippen molar-refractivity contribution >= 4 is 21.8 Å². The molecule has 0 aliphatic carbocycles. The van der Waals surface area contributed by atoms with Gasteiger partial charge in [-0.3, -0.25) is 4.79 Å². The summed E-state index contributed by atoms with van der Waals surface area (Å²) in [6.07, 6.45) is 7.68. The molecule has 2 N–H and O–H groups in total. The topological polar surface area (TPSA) is 43.1 Å². The Balaban J connectivity index is 3.19. The monoisotopic (exact) mass is 249 g/mol. The van der Waals surface area contributed by atoms with Gasteiger partial charge in [0.1, 0.15) is 0 Å². The smallest absolute Gasteiger partial charge is 0.217 e. The molecule has 0 radical (unpaired) electrons. The zero-order valence-corrected chi connectivity index (χ0v) is 9.98. The minimum Gasteiger partial charge on any atom is -0.370 e. The molecular formula is C10H20BrNO. The van der Waals surface area contributed by atoms with Gasteiger partial charge in [-0.1, -0.05) is 48.5 Å². The van der Waals surface area contributed by atoms with Crippen molar-refractivity contribution in [3.63, 3.8) is 0 Å². The molecule has 1 amide bonds. The molecule has 0 heterocycles. The van der Waals surface area contributed by atoms with Gasteiger partial charge in [0.15, 0.2) is 0 Å². The van der Waals surface area contributed by atoms with Gasteiger partial charge in [-0.2, -0.15) is 0 Å². The predicted molar refractivity (Wildman–Crippen MR) is 59.9 cm³/mol. The van der Waals surface area contributed by atoms with Crippen molar-refractivity contribution in [1.82, 2.24) is 0 Å². The van der Waals surface area contributed by atoms with Crippen molar-refractivity contribution in [3.8, 4) is 0 Å². The number of carbonyl (C=O) groups is 1. The number of hydrogen-bond acceptors (Lipinski definition) is 1. The first-order valence-corrected chi connectivity index (χ1v) is 6.00. The molecule has 0 rings (SSSR count).